The van der Waals surface area contributed by atoms with E-state index >= 15 is 0 Å². The topological polar surface area (TPSA) is 79.0 Å². The lowest BCUT2D eigenvalue weighted by Crippen LogP contribution is -2.38. The summed E-state index contributed by atoms with van der Waals surface area (Å²) >= 11 is 0. The van der Waals surface area contributed by atoms with Gasteiger partial charge in [-0.05, 0) is 50.1 Å². The Morgan fingerprint density at radius 3 is 2.29 bits per heavy atom. The van der Waals surface area contributed by atoms with E-state index in [2.05, 4.69) is 10.2 Å². The maximum absolute atomic E-state index is 13.2. The number of piperidine rings is 1. The third kappa shape index (κ3) is 4.92. The zero-order chi connectivity index (χ0) is 21.8. The quantitative estimate of drug-likeness (QED) is 0.767. The van der Waals surface area contributed by atoms with Gasteiger partial charge < -0.3 is 15.0 Å². The standard InChI is InChI=1S/C23H29N3O4S/c1-18-5-7-19(8-6-18)24-23(27)21-17-20(31(28,29)26-11-3-2-4-12-26)9-10-22(21)25-13-15-30-16-14-25/h5-10,17H,2-4,11-16H2,1H3,(H,24,27). The molecule has 0 bridgehead atoms. The first-order valence-corrected chi connectivity index (χ1v) is 12.2. The van der Waals surface area contributed by atoms with Crippen molar-refractivity contribution >= 4 is 27.3 Å². The Balaban J connectivity index is 1.69. The van der Waals surface area contributed by atoms with Crippen LogP contribution in [0.15, 0.2) is 47.4 Å². The van der Waals surface area contributed by atoms with Crippen LogP contribution in [0.2, 0.25) is 0 Å². The summed E-state index contributed by atoms with van der Waals surface area (Å²) in [6.07, 6.45) is 2.78. The first kappa shape index (κ1) is 21.8. The van der Waals surface area contributed by atoms with Crippen LogP contribution in [0.3, 0.4) is 0 Å². The van der Waals surface area contributed by atoms with E-state index in [-0.39, 0.29) is 10.8 Å². The highest BCUT2D eigenvalue weighted by molar-refractivity contribution is 7.89. The zero-order valence-electron chi connectivity index (χ0n) is 17.8. The average molecular weight is 444 g/mol. The van der Waals surface area contributed by atoms with Crippen LogP contribution in [0, 0.1) is 6.92 Å². The summed E-state index contributed by atoms with van der Waals surface area (Å²) < 4.78 is 33.4. The second-order valence-corrected chi connectivity index (χ2v) is 10.0. The molecule has 166 valence electrons. The average Bonchev–Trinajstić information content (AvgIpc) is 2.81. The van der Waals surface area contributed by atoms with Gasteiger partial charge in [-0.15, -0.1) is 0 Å². The van der Waals surface area contributed by atoms with Crippen molar-refractivity contribution in [2.45, 2.75) is 31.1 Å². The van der Waals surface area contributed by atoms with Crippen LogP contribution >= 0.6 is 0 Å². The van der Waals surface area contributed by atoms with Gasteiger partial charge in [0.15, 0.2) is 0 Å². The van der Waals surface area contributed by atoms with Gasteiger partial charge in [0.25, 0.3) is 5.91 Å². The maximum Gasteiger partial charge on any atom is 0.257 e. The molecule has 1 N–H and O–H groups in total. The van der Waals surface area contributed by atoms with Crippen molar-refractivity contribution in [3.63, 3.8) is 0 Å². The molecule has 2 saturated heterocycles. The van der Waals surface area contributed by atoms with Gasteiger partial charge in [-0.25, -0.2) is 8.42 Å². The van der Waals surface area contributed by atoms with Crippen molar-refractivity contribution < 1.29 is 17.9 Å². The number of nitrogens with one attached hydrogen (secondary N) is 1. The van der Waals surface area contributed by atoms with E-state index in [0.717, 1.165) is 30.5 Å². The van der Waals surface area contributed by atoms with Crippen molar-refractivity contribution in [2.75, 3.05) is 49.6 Å². The van der Waals surface area contributed by atoms with Gasteiger partial charge >= 0.3 is 0 Å². The Labute approximate surface area is 184 Å². The molecule has 0 unspecified atom stereocenters. The molecule has 8 heteroatoms. The van der Waals surface area contributed by atoms with E-state index in [1.165, 1.54) is 10.4 Å². The number of nitrogens with zero attached hydrogens (tertiary/aromatic N) is 2. The molecule has 2 fully saturated rings. The molecule has 7 nitrogen and oxygen atoms in total. The Morgan fingerprint density at radius 2 is 1.61 bits per heavy atom. The summed E-state index contributed by atoms with van der Waals surface area (Å²) in [5, 5.41) is 2.92. The molecule has 0 aliphatic carbocycles. The molecule has 4 rings (SSSR count). The zero-order valence-corrected chi connectivity index (χ0v) is 18.7. The molecular formula is C23H29N3O4S. The fourth-order valence-corrected chi connectivity index (χ4v) is 5.57. The maximum atomic E-state index is 13.2. The Bertz CT molecular complexity index is 1030. The van der Waals surface area contributed by atoms with Crippen LogP contribution in [0.4, 0.5) is 11.4 Å². The molecule has 2 aromatic rings. The predicted molar refractivity (Wildman–Crippen MR) is 121 cm³/mol. The van der Waals surface area contributed by atoms with Gasteiger partial charge in [-0.3, -0.25) is 4.79 Å². The Hall–Kier alpha value is -2.42. The number of hydrogen-bond donors (Lipinski definition) is 1. The molecule has 2 heterocycles. The van der Waals surface area contributed by atoms with Crippen LogP contribution in [-0.2, 0) is 14.8 Å². The number of aryl methyl sites for hydroxylation is 1. The van der Waals surface area contributed by atoms with Gasteiger partial charge in [0.1, 0.15) is 0 Å². The molecule has 0 radical (unpaired) electrons. The van der Waals surface area contributed by atoms with E-state index in [1.54, 1.807) is 12.1 Å². The van der Waals surface area contributed by atoms with Crippen LogP contribution in [0.25, 0.3) is 0 Å². The number of benzene rings is 2. The SMILES string of the molecule is Cc1ccc(NC(=O)c2cc(S(=O)(=O)N3CCCCC3)ccc2N2CCOCC2)cc1. The van der Waals surface area contributed by atoms with Crippen molar-refractivity contribution in [3.8, 4) is 0 Å². The molecular weight excluding hydrogens is 414 g/mol. The number of amides is 1. The molecule has 0 spiro atoms. The largest absolute Gasteiger partial charge is 0.378 e. The number of morpholine rings is 1. The number of sulfonamides is 1. The predicted octanol–water partition coefficient (Wildman–Crippen LogP) is 3.26. The summed E-state index contributed by atoms with van der Waals surface area (Å²) in [6, 6.07) is 12.4. The minimum atomic E-state index is -3.63. The van der Waals surface area contributed by atoms with Crippen molar-refractivity contribution in [2.24, 2.45) is 0 Å². The molecule has 2 aliphatic heterocycles. The molecule has 31 heavy (non-hydrogen) atoms. The number of rotatable bonds is 5. The lowest BCUT2D eigenvalue weighted by atomic mass is 10.1. The van der Waals surface area contributed by atoms with Crippen molar-refractivity contribution in [3.05, 3.63) is 53.6 Å². The highest BCUT2D eigenvalue weighted by Crippen LogP contribution is 2.29. The number of carbonyl (C=O) groups excluding carboxylic acids is 1. The highest BCUT2D eigenvalue weighted by Gasteiger charge is 2.28. The van der Waals surface area contributed by atoms with Gasteiger partial charge in [0.05, 0.1) is 23.7 Å². The fraction of sp³-hybridized carbons (Fsp3) is 0.435. The van der Waals surface area contributed by atoms with Gasteiger partial charge in [0, 0.05) is 37.6 Å². The van der Waals surface area contributed by atoms with Crippen LogP contribution in [0.5, 0.6) is 0 Å². The summed E-state index contributed by atoms with van der Waals surface area (Å²) in [6.45, 7) is 5.50. The van der Waals surface area contributed by atoms with Gasteiger partial charge in [-0.2, -0.15) is 4.31 Å². The molecule has 0 aromatic heterocycles. The fourth-order valence-electron chi connectivity index (χ4n) is 4.03. The van der Waals surface area contributed by atoms with Gasteiger partial charge in [0.2, 0.25) is 10.0 Å². The lowest BCUT2D eigenvalue weighted by Gasteiger charge is -2.31. The summed E-state index contributed by atoms with van der Waals surface area (Å²) in [7, 11) is -3.63. The smallest absolute Gasteiger partial charge is 0.257 e. The van der Waals surface area contributed by atoms with Crippen LogP contribution in [0.1, 0.15) is 35.2 Å². The lowest BCUT2D eigenvalue weighted by molar-refractivity contribution is 0.102. The Kier molecular flexibility index (Phi) is 6.60. The highest BCUT2D eigenvalue weighted by atomic mass is 32.2. The summed E-state index contributed by atoms with van der Waals surface area (Å²) in [4.78, 5) is 15.5. The van der Waals surface area contributed by atoms with E-state index < -0.39 is 10.0 Å². The number of hydrogen-bond acceptors (Lipinski definition) is 5. The third-order valence-corrected chi connectivity index (χ3v) is 7.72. The minimum absolute atomic E-state index is 0.167. The summed E-state index contributed by atoms with van der Waals surface area (Å²) in [5.41, 5.74) is 2.86. The second kappa shape index (κ2) is 9.38. The van der Waals surface area contributed by atoms with E-state index in [9.17, 15) is 13.2 Å². The van der Waals surface area contributed by atoms with Gasteiger partial charge in [-0.1, -0.05) is 24.1 Å². The normalized spacial score (nSPS) is 18.0. The molecule has 0 saturated carbocycles. The molecule has 2 aliphatic rings. The molecule has 1 amide bonds. The summed E-state index contributed by atoms with van der Waals surface area (Å²) in [5.74, 6) is -0.318. The van der Waals surface area contributed by atoms with E-state index in [4.69, 9.17) is 4.74 Å². The Morgan fingerprint density at radius 1 is 0.935 bits per heavy atom. The first-order valence-electron chi connectivity index (χ1n) is 10.8. The number of ether oxygens (including phenoxy) is 1. The molecule has 2 aromatic carbocycles. The first-order chi connectivity index (χ1) is 14.9. The van der Waals surface area contributed by atoms with Crippen molar-refractivity contribution in [1.82, 2.24) is 4.31 Å². The monoisotopic (exact) mass is 443 g/mol. The van der Waals surface area contributed by atoms with Crippen LogP contribution in [-0.4, -0.2) is 58.0 Å². The van der Waals surface area contributed by atoms with E-state index in [1.807, 2.05) is 31.2 Å². The number of anilines is 2. The van der Waals surface area contributed by atoms with Crippen LogP contribution < -0.4 is 10.2 Å². The third-order valence-electron chi connectivity index (χ3n) is 5.83. The molecule has 0 atom stereocenters. The van der Waals surface area contributed by atoms with E-state index in [0.29, 0.717) is 50.6 Å². The van der Waals surface area contributed by atoms with Crippen molar-refractivity contribution in [1.29, 1.82) is 0 Å². The second-order valence-electron chi connectivity index (χ2n) is 8.06. The number of carbonyl (C=O) groups is 1. The minimum Gasteiger partial charge on any atom is -0.378 e.